The van der Waals surface area contributed by atoms with Crippen LogP contribution >= 0.6 is 11.6 Å². The van der Waals surface area contributed by atoms with Crippen LogP contribution in [0.5, 0.6) is 0 Å². The zero-order chi connectivity index (χ0) is 13.0. The molecular formula is C15H22ClNO. The first-order valence-corrected chi connectivity index (χ1v) is 7.12. The predicted octanol–water partition coefficient (Wildman–Crippen LogP) is 3.29. The molecule has 2 nitrogen and oxygen atoms in total. The van der Waals surface area contributed by atoms with Crippen molar-refractivity contribution in [2.75, 3.05) is 13.2 Å². The van der Waals surface area contributed by atoms with Crippen LogP contribution in [0, 0.1) is 5.92 Å². The third kappa shape index (κ3) is 3.71. The third-order valence-corrected chi connectivity index (χ3v) is 3.83. The van der Waals surface area contributed by atoms with Crippen molar-refractivity contribution < 1.29 is 4.74 Å². The van der Waals surface area contributed by atoms with Gasteiger partial charge >= 0.3 is 0 Å². The summed E-state index contributed by atoms with van der Waals surface area (Å²) < 4.78 is 5.62. The monoisotopic (exact) mass is 267 g/mol. The molecule has 2 atom stereocenters. The van der Waals surface area contributed by atoms with E-state index in [9.17, 15) is 0 Å². The van der Waals surface area contributed by atoms with E-state index < -0.39 is 0 Å². The molecule has 1 heterocycles. The van der Waals surface area contributed by atoms with Crippen molar-refractivity contribution in [1.29, 1.82) is 0 Å². The van der Waals surface area contributed by atoms with Crippen LogP contribution in [0.1, 0.15) is 25.8 Å². The number of ether oxygens (including phenoxy) is 1. The molecule has 2 unspecified atom stereocenters. The Balaban J connectivity index is 2.03. The van der Waals surface area contributed by atoms with Gasteiger partial charge < -0.3 is 10.1 Å². The largest absolute Gasteiger partial charge is 0.381 e. The highest BCUT2D eigenvalue weighted by atomic mass is 35.5. The van der Waals surface area contributed by atoms with Gasteiger partial charge in [-0.2, -0.15) is 0 Å². The van der Waals surface area contributed by atoms with Gasteiger partial charge in [0.05, 0.1) is 6.61 Å². The van der Waals surface area contributed by atoms with Gasteiger partial charge in [-0.15, -0.1) is 0 Å². The van der Waals surface area contributed by atoms with Crippen molar-refractivity contribution in [2.45, 2.75) is 38.8 Å². The minimum Gasteiger partial charge on any atom is -0.381 e. The van der Waals surface area contributed by atoms with E-state index in [1.54, 1.807) is 0 Å². The number of nitrogens with one attached hydrogen (secondary N) is 1. The molecule has 100 valence electrons. The van der Waals surface area contributed by atoms with E-state index in [1.807, 2.05) is 12.1 Å². The second kappa shape index (κ2) is 6.55. The molecule has 2 rings (SSSR count). The molecule has 0 spiro atoms. The molecule has 1 aliphatic heterocycles. The number of hydrogen-bond donors (Lipinski definition) is 1. The molecule has 0 radical (unpaired) electrons. The van der Waals surface area contributed by atoms with Crippen molar-refractivity contribution in [3.8, 4) is 0 Å². The molecule has 0 bridgehead atoms. The molecule has 1 fully saturated rings. The highest BCUT2D eigenvalue weighted by molar-refractivity contribution is 6.31. The van der Waals surface area contributed by atoms with Crippen LogP contribution in [0.15, 0.2) is 24.3 Å². The van der Waals surface area contributed by atoms with Gasteiger partial charge in [0.2, 0.25) is 0 Å². The molecule has 1 aromatic carbocycles. The van der Waals surface area contributed by atoms with Crippen molar-refractivity contribution in [2.24, 2.45) is 5.92 Å². The van der Waals surface area contributed by atoms with Crippen molar-refractivity contribution in [3.63, 3.8) is 0 Å². The molecule has 0 aromatic heterocycles. The Hall–Kier alpha value is -0.570. The van der Waals surface area contributed by atoms with E-state index >= 15 is 0 Å². The van der Waals surface area contributed by atoms with Crippen molar-refractivity contribution in [3.05, 3.63) is 34.9 Å². The third-order valence-electron chi connectivity index (χ3n) is 3.46. The molecule has 18 heavy (non-hydrogen) atoms. The quantitative estimate of drug-likeness (QED) is 0.904. The first kappa shape index (κ1) is 13.9. The smallest absolute Gasteiger partial charge is 0.0512 e. The van der Waals surface area contributed by atoms with E-state index in [0.717, 1.165) is 31.1 Å². The van der Waals surface area contributed by atoms with Gasteiger partial charge in [0.15, 0.2) is 0 Å². The standard InChI is InChI=1S/C15H22ClNO/c1-11(2)17-15-7-8-18-10-13(15)9-12-5-3-4-6-14(12)16/h3-6,11,13,15,17H,7-10H2,1-2H3. The van der Waals surface area contributed by atoms with Gasteiger partial charge in [0, 0.05) is 29.6 Å². The van der Waals surface area contributed by atoms with Crippen LogP contribution in [-0.4, -0.2) is 25.3 Å². The first-order valence-electron chi connectivity index (χ1n) is 6.74. The molecule has 3 heteroatoms. The Bertz CT molecular complexity index is 381. The number of hydrogen-bond acceptors (Lipinski definition) is 2. The second-order valence-corrected chi connectivity index (χ2v) is 5.75. The minimum absolute atomic E-state index is 0.515. The van der Waals surface area contributed by atoms with E-state index in [1.165, 1.54) is 5.56 Å². The fourth-order valence-electron chi connectivity index (χ4n) is 2.59. The molecular weight excluding hydrogens is 246 g/mol. The minimum atomic E-state index is 0.515. The Kier molecular flexibility index (Phi) is 5.04. The Labute approximate surface area is 115 Å². The zero-order valence-electron chi connectivity index (χ0n) is 11.2. The summed E-state index contributed by atoms with van der Waals surface area (Å²) in [5, 5.41) is 4.52. The lowest BCUT2D eigenvalue weighted by Gasteiger charge is -2.34. The fraction of sp³-hybridized carbons (Fsp3) is 0.600. The average Bonchev–Trinajstić information content (AvgIpc) is 2.34. The van der Waals surface area contributed by atoms with Crippen molar-refractivity contribution in [1.82, 2.24) is 5.32 Å². The van der Waals surface area contributed by atoms with Crippen molar-refractivity contribution >= 4 is 11.6 Å². The summed E-state index contributed by atoms with van der Waals surface area (Å²) in [5.41, 5.74) is 1.23. The summed E-state index contributed by atoms with van der Waals surface area (Å²) in [4.78, 5) is 0. The first-order chi connectivity index (χ1) is 8.66. The molecule has 0 amide bonds. The number of rotatable bonds is 4. The zero-order valence-corrected chi connectivity index (χ0v) is 11.9. The van der Waals surface area contributed by atoms with Crippen LogP contribution in [0.25, 0.3) is 0 Å². The SMILES string of the molecule is CC(C)NC1CCOCC1Cc1ccccc1Cl. The number of benzene rings is 1. The van der Waals surface area contributed by atoms with Gasteiger partial charge in [-0.25, -0.2) is 0 Å². The van der Waals surface area contributed by atoms with Gasteiger partial charge in [-0.05, 0) is 24.5 Å². The summed E-state index contributed by atoms with van der Waals surface area (Å²) in [6, 6.07) is 9.16. The Morgan fingerprint density at radius 3 is 2.89 bits per heavy atom. The summed E-state index contributed by atoms with van der Waals surface area (Å²) >= 11 is 6.24. The Morgan fingerprint density at radius 2 is 2.17 bits per heavy atom. The summed E-state index contributed by atoms with van der Waals surface area (Å²) in [7, 11) is 0. The van der Waals surface area contributed by atoms with Gasteiger partial charge in [-0.3, -0.25) is 0 Å². The predicted molar refractivity (Wildman–Crippen MR) is 76.1 cm³/mol. The maximum Gasteiger partial charge on any atom is 0.0512 e. The highest BCUT2D eigenvalue weighted by Gasteiger charge is 2.26. The van der Waals surface area contributed by atoms with Crippen LogP contribution in [0.3, 0.4) is 0 Å². The maximum absolute atomic E-state index is 6.24. The van der Waals surface area contributed by atoms with Crippen LogP contribution < -0.4 is 5.32 Å². The highest BCUT2D eigenvalue weighted by Crippen LogP contribution is 2.24. The molecule has 0 saturated carbocycles. The fourth-order valence-corrected chi connectivity index (χ4v) is 2.80. The van der Waals surface area contributed by atoms with Gasteiger partial charge in [-0.1, -0.05) is 43.6 Å². The van der Waals surface area contributed by atoms with Crippen LogP contribution in [0.2, 0.25) is 5.02 Å². The van der Waals surface area contributed by atoms with E-state index in [-0.39, 0.29) is 0 Å². The van der Waals surface area contributed by atoms with Gasteiger partial charge in [0.1, 0.15) is 0 Å². The van der Waals surface area contributed by atoms with E-state index in [4.69, 9.17) is 16.3 Å². The van der Waals surface area contributed by atoms with Crippen LogP contribution in [-0.2, 0) is 11.2 Å². The molecule has 1 N–H and O–H groups in total. The summed E-state index contributed by atoms with van der Waals surface area (Å²) in [6.45, 7) is 6.09. The van der Waals surface area contributed by atoms with E-state index in [2.05, 4.69) is 31.3 Å². The second-order valence-electron chi connectivity index (χ2n) is 5.35. The molecule has 1 aliphatic rings. The lowest BCUT2D eigenvalue weighted by atomic mass is 9.89. The van der Waals surface area contributed by atoms with Crippen LogP contribution in [0.4, 0.5) is 0 Å². The van der Waals surface area contributed by atoms with E-state index in [0.29, 0.717) is 18.0 Å². The number of halogens is 1. The molecule has 1 aromatic rings. The topological polar surface area (TPSA) is 21.3 Å². The maximum atomic E-state index is 6.24. The lowest BCUT2D eigenvalue weighted by molar-refractivity contribution is 0.0300. The van der Waals surface area contributed by atoms with Gasteiger partial charge in [0.25, 0.3) is 0 Å². The lowest BCUT2D eigenvalue weighted by Crippen LogP contribution is -2.46. The Morgan fingerprint density at radius 1 is 1.39 bits per heavy atom. The molecule has 0 aliphatic carbocycles. The summed E-state index contributed by atoms with van der Waals surface area (Å²) in [6.07, 6.45) is 2.08. The molecule has 1 saturated heterocycles. The average molecular weight is 268 g/mol. The normalized spacial score (nSPS) is 24.4. The summed E-state index contributed by atoms with van der Waals surface area (Å²) in [5.74, 6) is 0.515.